The summed E-state index contributed by atoms with van der Waals surface area (Å²) in [5.74, 6) is 0.430. The number of aryl methyl sites for hydroxylation is 1. The van der Waals surface area contributed by atoms with Crippen molar-refractivity contribution in [3.8, 4) is 11.3 Å². The van der Waals surface area contributed by atoms with Gasteiger partial charge in [-0.05, 0) is 55.5 Å². The van der Waals surface area contributed by atoms with E-state index in [1.54, 1.807) is 18.3 Å². The van der Waals surface area contributed by atoms with Crippen LogP contribution >= 0.6 is 0 Å². The lowest BCUT2D eigenvalue weighted by molar-refractivity contribution is 0.366. The first-order chi connectivity index (χ1) is 17.1. The molecule has 0 saturated carbocycles. The third-order valence-electron chi connectivity index (χ3n) is 6.53. The fraction of sp³-hybridized carbons (Fsp3) is 0.346. The Morgan fingerprint density at radius 2 is 1.86 bits per heavy atom. The first-order valence-corrected chi connectivity index (χ1v) is 12.1. The molecule has 4 aromatic rings. The summed E-state index contributed by atoms with van der Waals surface area (Å²) in [5, 5.41) is 11.9. The maximum atomic E-state index is 14.9. The van der Waals surface area contributed by atoms with Crippen molar-refractivity contribution in [2.24, 2.45) is 0 Å². The first-order valence-electron chi connectivity index (χ1n) is 12.1. The molecule has 8 nitrogen and oxygen atoms in total. The zero-order valence-corrected chi connectivity index (χ0v) is 20.1. The van der Waals surface area contributed by atoms with Gasteiger partial charge in [0.1, 0.15) is 16.9 Å². The molecule has 0 atom stereocenters. The average molecular weight is 473 g/mol. The maximum absolute atomic E-state index is 14.9. The van der Waals surface area contributed by atoms with E-state index in [1.807, 2.05) is 30.1 Å². The minimum Gasteiger partial charge on any atom is -0.385 e. The number of rotatable bonds is 7. The van der Waals surface area contributed by atoms with Crippen LogP contribution in [0.3, 0.4) is 0 Å². The normalized spacial score (nSPS) is 14.4. The zero-order chi connectivity index (χ0) is 24.4. The van der Waals surface area contributed by atoms with Gasteiger partial charge in [-0.3, -0.25) is 4.98 Å². The molecule has 180 valence electrons. The van der Waals surface area contributed by atoms with Crippen molar-refractivity contribution in [3.05, 3.63) is 66.4 Å². The third-order valence-corrected chi connectivity index (χ3v) is 6.53. The van der Waals surface area contributed by atoms with Crippen molar-refractivity contribution in [3.63, 3.8) is 0 Å². The number of anilines is 1. The summed E-state index contributed by atoms with van der Waals surface area (Å²) in [6.45, 7) is 10.4. The Hall–Kier alpha value is -3.88. The summed E-state index contributed by atoms with van der Waals surface area (Å²) >= 11 is 0. The summed E-state index contributed by atoms with van der Waals surface area (Å²) < 4.78 is 16.8. The summed E-state index contributed by atoms with van der Waals surface area (Å²) in [6.07, 6.45) is 8.29. The van der Waals surface area contributed by atoms with Gasteiger partial charge in [0.05, 0.1) is 17.9 Å². The van der Waals surface area contributed by atoms with E-state index in [9.17, 15) is 4.39 Å². The number of nitrogens with one attached hydrogen (secondary N) is 1. The van der Waals surface area contributed by atoms with Crippen molar-refractivity contribution >= 4 is 22.7 Å². The molecule has 1 aliphatic heterocycles. The molecule has 0 radical (unpaired) electrons. The van der Waals surface area contributed by atoms with Crippen LogP contribution in [0.2, 0.25) is 0 Å². The molecule has 1 aromatic carbocycles. The summed E-state index contributed by atoms with van der Waals surface area (Å²) in [7, 11) is 0. The quantitative estimate of drug-likeness (QED) is 0.427. The van der Waals surface area contributed by atoms with Gasteiger partial charge in [-0.2, -0.15) is 0 Å². The maximum Gasteiger partial charge on any atom is 0.225 e. The molecule has 1 fully saturated rings. The molecule has 0 spiro atoms. The molecule has 0 aliphatic carbocycles. The largest absolute Gasteiger partial charge is 0.385 e. The van der Waals surface area contributed by atoms with Crippen molar-refractivity contribution in [2.45, 2.75) is 39.2 Å². The van der Waals surface area contributed by atoms with Gasteiger partial charge in [0, 0.05) is 43.3 Å². The Bertz CT molecular complexity index is 1340. The van der Waals surface area contributed by atoms with Crippen LogP contribution in [-0.4, -0.2) is 49.6 Å². The highest BCUT2D eigenvalue weighted by molar-refractivity contribution is 5.79. The summed E-state index contributed by atoms with van der Waals surface area (Å²) in [6, 6.07) is 7.08. The predicted octanol–water partition coefficient (Wildman–Crippen LogP) is 4.41. The second-order valence-corrected chi connectivity index (χ2v) is 8.76. The summed E-state index contributed by atoms with van der Waals surface area (Å²) in [4.78, 5) is 15.8. The van der Waals surface area contributed by atoms with E-state index in [4.69, 9.17) is 0 Å². The van der Waals surface area contributed by atoms with E-state index < -0.39 is 0 Å². The molecular formula is C26H29FN8. The Morgan fingerprint density at radius 1 is 1.09 bits per heavy atom. The van der Waals surface area contributed by atoms with Crippen molar-refractivity contribution in [2.75, 3.05) is 24.5 Å². The molecule has 1 saturated heterocycles. The van der Waals surface area contributed by atoms with Gasteiger partial charge in [-0.25, -0.2) is 19.0 Å². The van der Waals surface area contributed by atoms with Crippen LogP contribution in [0.4, 0.5) is 10.3 Å². The topological polar surface area (TPSA) is 84.7 Å². The van der Waals surface area contributed by atoms with Crippen molar-refractivity contribution < 1.29 is 4.39 Å². The van der Waals surface area contributed by atoms with E-state index in [2.05, 4.69) is 49.0 Å². The lowest BCUT2D eigenvalue weighted by Crippen LogP contribution is -2.36. The van der Waals surface area contributed by atoms with Gasteiger partial charge in [0.25, 0.3) is 0 Å². The van der Waals surface area contributed by atoms with E-state index >= 15 is 0 Å². The van der Waals surface area contributed by atoms with E-state index in [0.717, 1.165) is 61.5 Å². The number of piperidine rings is 1. The van der Waals surface area contributed by atoms with E-state index in [0.29, 0.717) is 22.5 Å². The van der Waals surface area contributed by atoms with Crippen LogP contribution in [0.5, 0.6) is 0 Å². The van der Waals surface area contributed by atoms with Crippen molar-refractivity contribution in [1.29, 1.82) is 0 Å². The van der Waals surface area contributed by atoms with Gasteiger partial charge >= 0.3 is 0 Å². The number of aromatic nitrogens is 6. The molecule has 1 aliphatic rings. The third kappa shape index (κ3) is 4.58. The molecule has 0 amide bonds. The van der Waals surface area contributed by atoms with Crippen LogP contribution in [0.25, 0.3) is 28.0 Å². The number of nitrogens with zero attached hydrogens (tertiary/aromatic N) is 7. The molecule has 0 unspecified atom stereocenters. The van der Waals surface area contributed by atoms with Gasteiger partial charge in [-0.15, -0.1) is 5.10 Å². The number of halogens is 1. The first kappa shape index (κ1) is 22.9. The number of pyridine rings is 1. The van der Waals surface area contributed by atoms with Crippen LogP contribution in [0.15, 0.2) is 49.4 Å². The Morgan fingerprint density at radius 3 is 2.54 bits per heavy atom. The average Bonchev–Trinajstić information content (AvgIpc) is 3.32. The molecular weight excluding hydrogens is 443 g/mol. The summed E-state index contributed by atoms with van der Waals surface area (Å²) in [5.41, 5.74) is 5.07. The van der Waals surface area contributed by atoms with Gasteiger partial charge in [-0.1, -0.05) is 24.8 Å². The van der Waals surface area contributed by atoms with Gasteiger partial charge in [0.15, 0.2) is 0 Å². The van der Waals surface area contributed by atoms with Crippen LogP contribution in [0.1, 0.15) is 43.9 Å². The number of fused-ring (bicyclic) bond motifs is 1. The van der Waals surface area contributed by atoms with E-state index in [-0.39, 0.29) is 11.9 Å². The minimum absolute atomic E-state index is 0.215. The lowest BCUT2D eigenvalue weighted by atomic mass is 10.0. The Labute approximate surface area is 203 Å². The molecule has 3 aromatic heterocycles. The second kappa shape index (κ2) is 9.77. The molecule has 1 N–H and O–H groups in total. The number of benzene rings is 1. The highest BCUT2D eigenvalue weighted by Gasteiger charge is 2.24. The monoisotopic (exact) mass is 472 g/mol. The second-order valence-electron chi connectivity index (χ2n) is 8.76. The SMILES string of the molecule is C=C(NCC)c1ccc(-c2cc3nnn(C4CCN(c5ncc(CC)cn5)CC4)c3cn2)c(F)c1. The minimum atomic E-state index is -0.345. The molecule has 4 heterocycles. The Kier molecular flexibility index (Phi) is 6.39. The standard InChI is InChI=1S/C26H29FN8/c1-4-18-14-30-26(31-15-18)34-10-8-20(9-11-34)35-25-16-29-23(13-24(25)32-33-35)21-7-6-19(12-22(21)27)17(3)28-5-2/h6-7,12-16,20,28H,3-5,8-11H2,1-2H3. The highest BCUT2D eigenvalue weighted by atomic mass is 19.1. The highest BCUT2D eigenvalue weighted by Crippen LogP contribution is 2.29. The predicted molar refractivity (Wildman–Crippen MR) is 135 cm³/mol. The molecule has 35 heavy (non-hydrogen) atoms. The Balaban J connectivity index is 1.32. The molecule has 9 heteroatoms. The zero-order valence-electron chi connectivity index (χ0n) is 20.1. The van der Waals surface area contributed by atoms with Crippen LogP contribution < -0.4 is 10.2 Å². The molecule has 5 rings (SSSR count). The van der Waals surface area contributed by atoms with Gasteiger partial charge < -0.3 is 10.2 Å². The van der Waals surface area contributed by atoms with Crippen molar-refractivity contribution in [1.82, 2.24) is 35.3 Å². The number of hydrogen-bond acceptors (Lipinski definition) is 7. The fourth-order valence-corrected chi connectivity index (χ4v) is 4.49. The van der Waals surface area contributed by atoms with Crippen LogP contribution in [0, 0.1) is 5.82 Å². The van der Waals surface area contributed by atoms with Crippen LogP contribution in [-0.2, 0) is 6.42 Å². The lowest BCUT2D eigenvalue weighted by Gasteiger charge is -2.32. The van der Waals surface area contributed by atoms with E-state index in [1.165, 1.54) is 6.07 Å². The smallest absolute Gasteiger partial charge is 0.225 e. The molecule has 0 bridgehead atoms. The van der Waals surface area contributed by atoms with Gasteiger partial charge in [0.2, 0.25) is 5.95 Å². The number of hydrogen-bond donors (Lipinski definition) is 1. The fourth-order valence-electron chi connectivity index (χ4n) is 4.49.